The Morgan fingerprint density at radius 3 is 2.14 bits per heavy atom. The van der Waals surface area contributed by atoms with Gasteiger partial charge in [-0.15, -0.1) is 0 Å². The highest BCUT2D eigenvalue weighted by Gasteiger charge is 2.39. The number of nitrogens with one attached hydrogen (secondary N) is 1. The number of hydrogen-bond donors (Lipinski definition) is 1. The summed E-state index contributed by atoms with van der Waals surface area (Å²) in [5.74, 6) is -0.613. The molecule has 0 unspecified atom stereocenters. The standard InChI is InChI=1S/C23H26N2O3/c1-14-6-8-18(16(3)12-14)20-21(23(27)25(22(20)26)10-11-28-5)24-19-9-7-15(2)13-17(19)4/h6-9,12-13,24H,10-11H2,1-5H3. The van der Waals surface area contributed by atoms with Gasteiger partial charge in [-0.25, -0.2) is 0 Å². The molecule has 3 rings (SSSR count). The molecule has 2 amide bonds. The van der Waals surface area contributed by atoms with Gasteiger partial charge in [0.1, 0.15) is 5.70 Å². The summed E-state index contributed by atoms with van der Waals surface area (Å²) < 4.78 is 5.08. The first-order chi connectivity index (χ1) is 13.3. The molecule has 0 saturated carbocycles. The van der Waals surface area contributed by atoms with Crippen LogP contribution in [0.25, 0.3) is 5.57 Å². The first kappa shape index (κ1) is 19.8. The molecule has 0 aromatic heterocycles. The molecule has 28 heavy (non-hydrogen) atoms. The maximum Gasteiger partial charge on any atom is 0.278 e. The lowest BCUT2D eigenvalue weighted by atomic mass is 9.97. The van der Waals surface area contributed by atoms with Crippen molar-refractivity contribution in [2.45, 2.75) is 27.7 Å². The molecule has 5 nitrogen and oxygen atoms in total. The predicted octanol–water partition coefficient (Wildman–Crippen LogP) is 3.76. The molecular formula is C23H26N2O3. The summed E-state index contributed by atoms with van der Waals surface area (Å²) in [5, 5.41) is 3.24. The number of rotatable bonds is 6. The average molecular weight is 378 g/mol. The molecule has 0 saturated heterocycles. The maximum absolute atomic E-state index is 13.2. The Bertz CT molecular complexity index is 976. The number of imide groups is 1. The fourth-order valence-electron chi connectivity index (χ4n) is 3.51. The molecule has 0 radical (unpaired) electrons. The third-order valence-corrected chi connectivity index (χ3v) is 4.98. The Balaban J connectivity index is 2.11. The number of anilines is 1. The zero-order valence-corrected chi connectivity index (χ0v) is 17.1. The number of methoxy groups -OCH3 is 1. The van der Waals surface area contributed by atoms with Crippen LogP contribution in [0.15, 0.2) is 42.1 Å². The number of ether oxygens (including phenoxy) is 1. The summed E-state index contributed by atoms with van der Waals surface area (Å²) in [7, 11) is 1.55. The highest BCUT2D eigenvalue weighted by atomic mass is 16.5. The summed E-state index contributed by atoms with van der Waals surface area (Å²) in [4.78, 5) is 27.5. The van der Waals surface area contributed by atoms with Gasteiger partial charge in [-0.2, -0.15) is 0 Å². The number of amides is 2. The van der Waals surface area contributed by atoms with Gasteiger partial charge in [0.25, 0.3) is 11.8 Å². The molecular weight excluding hydrogens is 352 g/mol. The second-order valence-electron chi connectivity index (χ2n) is 7.27. The first-order valence-corrected chi connectivity index (χ1v) is 9.34. The topological polar surface area (TPSA) is 58.6 Å². The molecule has 0 bridgehead atoms. The van der Waals surface area contributed by atoms with E-state index in [9.17, 15) is 9.59 Å². The summed E-state index contributed by atoms with van der Waals surface area (Å²) in [6.45, 7) is 8.49. The largest absolute Gasteiger partial charge is 0.383 e. The average Bonchev–Trinajstić information content (AvgIpc) is 2.86. The Labute approximate surface area is 166 Å². The smallest absolute Gasteiger partial charge is 0.278 e. The number of hydrogen-bond acceptors (Lipinski definition) is 4. The van der Waals surface area contributed by atoms with Gasteiger partial charge in [-0.05, 0) is 50.5 Å². The van der Waals surface area contributed by atoms with E-state index in [2.05, 4.69) is 5.32 Å². The SMILES string of the molecule is COCCN1C(=O)C(Nc2ccc(C)cc2C)=C(c2ccc(C)cc2C)C1=O. The van der Waals surface area contributed by atoms with Gasteiger partial charge in [0.15, 0.2) is 0 Å². The molecule has 1 heterocycles. The van der Waals surface area contributed by atoms with E-state index in [0.717, 1.165) is 33.5 Å². The number of carbonyl (C=O) groups excluding carboxylic acids is 2. The van der Waals surface area contributed by atoms with Gasteiger partial charge in [0.2, 0.25) is 0 Å². The van der Waals surface area contributed by atoms with Crippen molar-refractivity contribution in [1.82, 2.24) is 4.90 Å². The van der Waals surface area contributed by atoms with Crippen molar-refractivity contribution in [1.29, 1.82) is 0 Å². The van der Waals surface area contributed by atoms with E-state index in [-0.39, 0.29) is 18.4 Å². The van der Waals surface area contributed by atoms with E-state index in [1.807, 2.05) is 64.1 Å². The Hall–Kier alpha value is -2.92. The van der Waals surface area contributed by atoms with Crippen LogP contribution in [0.5, 0.6) is 0 Å². The lowest BCUT2D eigenvalue weighted by Crippen LogP contribution is -2.35. The third-order valence-electron chi connectivity index (χ3n) is 4.98. The van der Waals surface area contributed by atoms with Gasteiger partial charge >= 0.3 is 0 Å². The van der Waals surface area contributed by atoms with Crippen LogP contribution in [0, 0.1) is 27.7 Å². The fourth-order valence-corrected chi connectivity index (χ4v) is 3.51. The summed E-state index contributed by atoms with van der Waals surface area (Å²) in [5.41, 5.74) is 6.56. The monoisotopic (exact) mass is 378 g/mol. The van der Waals surface area contributed by atoms with Crippen LogP contribution in [0.4, 0.5) is 5.69 Å². The van der Waals surface area contributed by atoms with Crippen molar-refractivity contribution >= 4 is 23.1 Å². The Morgan fingerprint density at radius 2 is 1.54 bits per heavy atom. The van der Waals surface area contributed by atoms with Crippen molar-refractivity contribution in [2.75, 3.05) is 25.6 Å². The lowest BCUT2D eigenvalue weighted by molar-refractivity contribution is -0.137. The highest BCUT2D eigenvalue weighted by molar-refractivity contribution is 6.36. The Morgan fingerprint density at radius 1 is 0.893 bits per heavy atom. The number of nitrogens with zero attached hydrogens (tertiary/aromatic N) is 1. The van der Waals surface area contributed by atoms with Gasteiger partial charge in [-0.1, -0.05) is 41.5 Å². The van der Waals surface area contributed by atoms with Crippen LogP contribution in [-0.4, -0.2) is 37.0 Å². The molecule has 2 aromatic carbocycles. The quantitative estimate of drug-likeness (QED) is 0.778. The molecule has 5 heteroatoms. The molecule has 0 fully saturated rings. The van der Waals surface area contributed by atoms with E-state index in [4.69, 9.17) is 4.74 Å². The van der Waals surface area contributed by atoms with E-state index >= 15 is 0 Å². The number of benzene rings is 2. The third kappa shape index (κ3) is 3.71. The molecule has 0 aliphatic carbocycles. The van der Waals surface area contributed by atoms with Gasteiger partial charge in [0, 0.05) is 12.8 Å². The van der Waals surface area contributed by atoms with E-state index in [1.165, 1.54) is 4.90 Å². The maximum atomic E-state index is 13.2. The summed E-state index contributed by atoms with van der Waals surface area (Å²) in [6.07, 6.45) is 0. The van der Waals surface area contributed by atoms with Crippen molar-refractivity contribution in [3.05, 3.63) is 69.9 Å². The molecule has 0 atom stereocenters. The Kier molecular flexibility index (Phi) is 5.66. The van der Waals surface area contributed by atoms with Crippen LogP contribution < -0.4 is 5.32 Å². The van der Waals surface area contributed by atoms with Gasteiger partial charge < -0.3 is 10.1 Å². The van der Waals surface area contributed by atoms with E-state index < -0.39 is 0 Å². The van der Waals surface area contributed by atoms with Crippen molar-refractivity contribution < 1.29 is 14.3 Å². The molecule has 1 aliphatic heterocycles. The summed E-state index contributed by atoms with van der Waals surface area (Å²) in [6, 6.07) is 11.9. The number of aryl methyl sites for hydroxylation is 4. The van der Waals surface area contributed by atoms with Gasteiger partial charge in [-0.3, -0.25) is 14.5 Å². The van der Waals surface area contributed by atoms with E-state index in [1.54, 1.807) is 7.11 Å². The van der Waals surface area contributed by atoms with Crippen LogP contribution in [0.1, 0.15) is 27.8 Å². The minimum atomic E-state index is -0.322. The molecule has 1 aliphatic rings. The minimum absolute atomic E-state index is 0.223. The summed E-state index contributed by atoms with van der Waals surface area (Å²) >= 11 is 0. The normalized spacial score (nSPS) is 14.2. The molecule has 146 valence electrons. The van der Waals surface area contributed by atoms with Crippen LogP contribution in [0.2, 0.25) is 0 Å². The first-order valence-electron chi connectivity index (χ1n) is 9.34. The van der Waals surface area contributed by atoms with Crippen LogP contribution in [0.3, 0.4) is 0 Å². The van der Waals surface area contributed by atoms with Crippen LogP contribution in [-0.2, 0) is 14.3 Å². The molecule has 1 N–H and O–H groups in total. The van der Waals surface area contributed by atoms with Crippen molar-refractivity contribution in [3.8, 4) is 0 Å². The molecule has 2 aromatic rings. The predicted molar refractivity (Wildman–Crippen MR) is 111 cm³/mol. The molecule has 0 spiro atoms. The van der Waals surface area contributed by atoms with Crippen molar-refractivity contribution in [2.24, 2.45) is 0 Å². The fraction of sp³-hybridized carbons (Fsp3) is 0.304. The van der Waals surface area contributed by atoms with Gasteiger partial charge in [0.05, 0.1) is 18.7 Å². The highest BCUT2D eigenvalue weighted by Crippen LogP contribution is 2.33. The number of carbonyl (C=O) groups is 2. The van der Waals surface area contributed by atoms with Crippen LogP contribution >= 0.6 is 0 Å². The zero-order valence-electron chi connectivity index (χ0n) is 17.1. The second kappa shape index (κ2) is 7.98. The lowest BCUT2D eigenvalue weighted by Gasteiger charge is -2.15. The second-order valence-corrected chi connectivity index (χ2v) is 7.27. The van der Waals surface area contributed by atoms with Crippen molar-refractivity contribution in [3.63, 3.8) is 0 Å². The van der Waals surface area contributed by atoms with E-state index in [0.29, 0.717) is 17.9 Å². The zero-order chi connectivity index (χ0) is 20.4. The minimum Gasteiger partial charge on any atom is -0.383 e.